The second-order valence-electron chi connectivity index (χ2n) is 5.59. The van der Waals surface area contributed by atoms with Crippen molar-refractivity contribution in [1.29, 1.82) is 0 Å². The first kappa shape index (κ1) is 13.0. The molecule has 3 heteroatoms. The predicted molar refractivity (Wildman–Crippen MR) is 81.7 cm³/mol. The van der Waals surface area contributed by atoms with Crippen LogP contribution in [-0.4, -0.2) is 22.6 Å². The predicted octanol–water partition coefficient (Wildman–Crippen LogP) is 4.21. The minimum Gasteiger partial charge on any atom is -0.346 e. The lowest BCUT2D eigenvalue weighted by atomic mass is 10.2. The van der Waals surface area contributed by atoms with Gasteiger partial charge in [-0.2, -0.15) is 0 Å². The summed E-state index contributed by atoms with van der Waals surface area (Å²) >= 11 is 6.09. The molecule has 1 fully saturated rings. The summed E-state index contributed by atoms with van der Waals surface area (Å²) in [6, 6.07) is 8.45. The Labute approximate surface area is 120 Å². The summed E-state index contributed by atoms with van der Waals surface area (Å²) in [6.45, 7) is 3.54. The van der Waals surface area contributed by atoms with Gasteiger partial charge < -0.3 is 4.57 Å². The standard InChI is InChI=1S/C16H21ClN2/c1-18-15(12-19-8-4-2-3-5-9-19)10-13-6-7-14(17)11-16(13)18/h6-7,10-11H,2-5,8-9,12H2,1H3. The van der Waals surface area contributed by atoms with Crippen LogP contribution in [0.4, 0.5) is 0 Å². The van der Waals surface area contributed by atoms with E-state index >= 15 is 0 Å². The highest BCUT2D eigenvalue weighted by molar-refractivity contribution is 6.31. The van der Waals surface area contributed by atoms with Crippen LogP contribution in [-0.2, 0) is 13.6 Å². The van der Waals surface area contributed by atoms with Crippen LogP contribution in [0.3, 0.4) is 0 Å². The molecule has 0 amide bonds. The van der Waals surface area contributed by atoms with Gasteiger partial charge >= 0.3 is 0 Å². The average Bonchev–Trinajstić information content (AvgIpc) is 2.59. The highest BCUT2D eigenvalue weighted by Gasteiger charge is 2.13. The first-order chi connectivity index (χ1) is 9.24. The molecule has 1 aliphatic rings. The van der Waals surface area contributed by atoms with Gasteiger partial charge in [-0.05, 0) is 49.5 Å². The molecule has 0 atom stereocenters. The number of hydrogen-bond acceptors (Lipinski definition) is 1. The number of likely N-dealkylation sites (tertiary alicyclic amines) is 1. The molecule has 3 rings (SSSR count). The van der Waals surface area contributed by atoms with Crippen LogP contribution in [0.25, 0.3) is 10.9 Å². The molecular formula is C16H21ClN2. The molecule has 2 aromatic rings. The van der Waals surface area contributed by atoms with E-state index in [0.717, 1.165) is 11.6 Å². The number of hydrogen-bond donors (Lipinski definition) is 0. The van der Waals surface area contributed by atoms with Gasteiger partial charge in [-0.15, -0.1) is 0 Å². The molecule has 102 valence electrons. The van der Waals surface area contributed by atoms with E-state index in [1.54, 1.807) is 0 Å². The first-order valence-corrected chi connectivity index (χ1v) is 7.58. The molecule has 0 saturated carbocycles. The fourth-order valence-corrected chi connectivity index (χ4v) is 3.20. The van der Waals surface area contributed by atoms with Crippen LogP contribution >= 0.6 is 11.6 Å². The second kappa shape index (κ2) is 5.56. The van der Waals surface area contributed by atoms with Crippen molar-refractivity contribution in [3.63, 3.8) is 0 Å². The van der Waals surface area contributed by atoms with E-state index in [1.807, 2.05) is 6.07 Å². The lowest BCUT2D eigenvalue weighted by Gasteiger charge is -2.20. The highest BCUT2D eigenvalue weighted by Crippen LogP contribution is 2.24. The van der Waals surface area contributed by atoms with Gasteiger partial charge in [0.1, 0.15) is 0 Å². The summed E-state index contributed by atoms with van der Waals surface area (Å²) in [5, 5.41) is 2.10. The molecule has 1 aromatic heterocycles. The normalized spacial score (nSPS) is 17.8. The van der Waals surface area contributed by atoms with Gasteiger partial charge in [0, 0.05) is 29.8 Å². The van der Waals surface area contributed by atoms with E-state index in [0.29, 0.717) is 0 Å². The van der Waals surface area contributed by atoms with Crippen LogP contribution in [0.15, 0.2) is 24.3 Å². The molecule has 0 bridgehead atoms. The van der Waals surface area contributed by atoms with Crippen molar-refractivity contribution in [2.24, 2.45) is 7.05 Å². The molecular weight excluding hydrogens is 256 g/mol. The first-order valence-electron chi connectivity index (χ1n) is 7.20. The summed E-state index contributed by atoms with van der Waals surface area (Å²) in [5.74, 6) is 0. The highest BCUT2D eigenvalue weighted by atomic mass is 35.5. The fourth-order valence-electron chi connectivity index (χ4n) is 3.04. The molecule has 0 N–H and O–H groups in total. The Kier molecular flexibility index (Phi) is 3.81. The molecule has 0 radical (unpaired) electrons. The number of halogens is 1. The smallest absolute Gasteiger partial charge is 0.0495 e. The van der Waals surface area contributed by atoms with Crippen molar-refractivity contribution in [1.82, 2.24) is 9.47 Å². The largest absolute Gasteiger partial charge is 0.346 e. The molecule has 0 spiro atoms. The summed E-state index contributed by atoms with van der Waals surface area (Å²) in [7, 11) is 2.14. The number of fused-ring (bicyclic) bond motifs is 1. The van der Waals surface area contributed by atoms with Crippen molar-refractivity contribution in [3.05, 3.63) is 35.0 Å². The van der Waals surface area contributed by atoms with E-state index < -0.39 is 0 Å². The van der Waals surface area contributed by atoms with Gasteiger partial charge in [0.25, 0.3) is 0 Å². The van der Waals surface area contributed by atoms with Gasteiger partial charge in [-0.1, -0.05) is 30.5 Å². The number of benzene rings is 1. The average molecular weight is 277 g/mol. The SMILES string of the molecule is Cn1c(CN2CCCCCC2)cc2ccc(Cl)cc21. The van der Waals surface area contributed by atoms with Crippen molar-refractivity contribution >= 4 is 22.5 Å². The molecule has 1 aliphatic heterocycles. The lowest BCUT2D eigenvalue weighted by Crippen LogP contribution is -2.25. The zero-order chi connectivity index (χ0) is 13.2. The van der Waals surface area contributed by atoms with Crippen LogP contribution in [0.5, 0.6) is 0 Å². The lowest BCUT2D eigenvalue weighted by molar-refractivity contribution is 0.271. The Morgan fingerprint density at radius 1 is 1.05 bits per heavy atom. The molecule has 2 nitrogen and oxygen atoms in total. The fraction of sp³-hybridized carbons (Fsp3) is 0.500. The Balaban J connectivity index is 1.86. The van der Waals surface area contributed by atoms with Crippen molar-refractivity contribution in [2.45, 2.75) is 32.2 Å². The Bertz CT molecular complexity index is 565. The minimum atomic E-state index is 0.815. The Morgan fingerprint density at radius 2 is 1.79 bits per heavy atom. The number of rotatable bonds is 2. The summed E-state index contributed by atoms with van der Waals surface area (Å²) in [6.07, 6.45) is 5.47. The van der Waals surface area contributed by atoms with Gasteiger partial charge in [0.15, 0.2) is 0 Å². The van der Waals surface area contributed by atoms with Gasteiger partial charge in [0.05, 0.1) is 0 Å². The Morgan fingerprint density at radius 3 is 2.53 bits per heavy atom. The van der Waals surface area contributed by atoms with Crippen LogP contribution in [0.2, 0.25) is 5.02 Å². The molecule has 1 saturated heterocycles. The maximum atomic E-state index is 6.09. The third-order valence-electron chi connectivity index (χ3n) is 4.19. The summed E-state index contributed by atoms with van der Waals surface area (Å²) < 4.78 is 2.28. The Hall–Kier alpha value is -0.990. The van der Waals surface area contributed by atoms with E-state index in [1.165, 1.54) is 55.4 Å². The second-order valence-corrected chi connectivity index (χ2v) is 6.02. The number of aryl methyl sites for hydroxylation is 1. The minimum absolute atomic E-state index is 0.815. The molecule has 1 aromatic carbocycles. The third kappa shape index (κ3) is 2.80. The maximum Gasteiger partial charge on any atom is 0.0495 e. The van der Waals surface area contributed by atoms with Gasteiger partial charge in [-0.25, -0.2) is 0 Å². The van der Waals surface area contributed by atoms with Crippen LogP contribution in [0.1, 0.15) is 31.4 Å². The zero-order valence-corrected chi connectivity index (χ0v) is 12.3. The summed E-state index contributed by atoms with van der Waals surface area (Å²) in [5.41, 5.74) is 2.62. The monoisotopic (exact) mass is 276 g/mol. The van der Waals surface area contributed by atoms with Crippen molar-refractivity contribution in [3.8, 4) is 0 Å². The van der Waals surface area contributed by atoms with E-state index in [-0.39, 0.29) is 0 Å². The van der Waals surface area contributed by atoms with Gasteiger partial charge in [0.2, 0.25) is 0 Å². The van der Waals surface area contributed by atoms with Crippen molar-refractivity contribution in [2.75, 3.05) is 13.1 Å². The van der Waals surface area contributed by atoms with Crippen LogP contribution in [0, 0.1) is 0 Å². The summed E-state index contributed by atoms with van der Waals surface area (Å²) in [4.78, 5) is 2.59. The molecule has 0 aliphatic carbocycles. The number of nitrogens with zero attached hydrogens (tertiary/aromatic N) is 2. The molecule has 19 heavy (non-hydrogen) atoms. The van der Waals surface area contributed by atoms with Crippen molar-refractivity contribution < 1.29 is 0 Å². The topological polar surface area (TPSA) is 8.17 Å². The maximum absolute atomic E-state index is 6.09. The molecule has 2 heterocycles. The van der Waals surface area contributed by atoms with E-state index in [4.69, 9.17) is 11.6 Å². The van der Waals surface area contributed by atoms with E-state index in [2.05, 4.69) is 34.7 Å². The quantitative estimate of drug-likeness (QED) is 0.798. The molecule has 0 unspecified atom stereocenters. The van der Waals surface area contributed by atoms with E-state index in [9.17, 15) is 0 Å². The third-order valence-corrected chi connectivity index (χ3v) is 4.43. The van der Waals surface area contributed by atoms with Crippen LogP contribution < -0.4 is 0 Å². The van der Waals surface area contributed by atoms with Gasteiger partial charge in [-0.3, -0.25) is 4.90 Å². The number of aromatic nitrogens is 1. The zero-order valence-electron chi connectivity index (χ0n) is 11.5.